The van der Waals surface area contributed by atoms with Crippen LogP contribution in [0.3, 0.4) is 0 Å². The van der Waals surface area contributed by atoms with Gasteiger partial charge in [0.2, 0.25) is 0 Å². The molecule has 3 atom stereocenters. The quantitative estimate of drug-likeness (QED) is 0.0315. The Hall–Kier alpha value is -5.89. The van der Waals surface area contributed by atoms with Gasteiger partial charge in [-0.2, -0.15) is 8.42 Å². The SMILES string of the molecule is CCCOCCOCCN(CC(C)(C)SSCCC(C(=O)CC)S(=O)(=O)O)c1cc(COc2cc3c(cc2C)C(=O)N2c4ccccc4C[C@H]2CC3)cc(COc2cc3c(cc2OC)C(=O)N2c4ccccc4C[C@H]2C=N3)c1. The third-order valence-corrected chi connectivity index (χ3v) is 19.1. The fourth-order valence-corrected chi connectivity index (χ4v) is 14.5. The van der Waals surface area contributed by atoms with Gasteiger partial charge in [0.25, 0.3) is 21.9 Å². The first-order valence-electron chi connectivity index (χ1n) is 26.9. The van der Waals surface area contributed by atoms with Gasteiger partial charge in [0, 0.05) is 84.0 Å². The lowest BCUT2D eigenvalue weighted by Gasteiger charge is -2.34. The second-order valence-corrected chi connectivity index (χ2v) is 25.6. The number of benzene rings is 5. The number of fused-ring (bicyclic) bond motifs is 8. The predicted molar refractivity (Wildman–Crippen MR) is 311 cm³/mol. The molecule has 0 aromatic heterocycles. The summed E-state index contributed by atoms with van der Waals surface area (Å²) >= 11 is 0. The number of methoxy groups -OCH3 is 1. The van der Waals surface area contributed by atoms with E-state index in [1.165, 1.54) is 16.4 Å². The van der Waals surface area contributed by atoms with Crippen LogP contribution < -0.4 is 28.9 Å². The van der Waals surface area contributed by atoms with Crippen molar-refractivity contribution in [3.05, 3.63) is 136 Å². The molecule has 18 heteroatoms. The Labute approximate surface area is 466 Å². The third-order valence-electron chi connectivity index (χ3n) is 14.6. The summed E-state index contributed by atoms with van der Waals surface area (Å²) in [4.78, 5) is 51.8. The Balaban J connectivity index is 0.998. The van der Waals surface area contributed by atoms with Crippen molar-refractivity contribution in [3.63, 3.8) is 0 Å². The van der Waals surface area contributed by atoms with E-state index in [0.29, 0.717) is 85.8 Å². The number of ketones is 1. The van der Waals surface area contributed by atoms with E-state index in [0.717, 1.165) is 70.6 Å². The minimum atomic E-state index is -4.53. The standard InChI is InChI=1S/C60H70N4O11S3/c1-7-21-72-23-24-73-22-20-62(38-60(4,5)77-76-25-19-57(53(65)8-2)78(68,69)70)46-28-40(36-74-54-32-42-17-18-45-30-43-13-9-11-15-51(43)63(45)58(66)48(42)26-39(54)3)27-41(29-46)37-75-56-34-50-49(33-55(56)71-6)59(67)64-47(35-61-50)31-44-14-10-12-16-52(44)64/h9-16,26-29,32-35,45,47,57H,7-8,17-25,30-31,36-38H2,1-6H3,(H,68,69,70)/t45-,47+,57?/m1/s1. The normalized spacial score (nSPS) is 16.8. The van der Waals surface area contributed by atoms with Gasteiger partial charge in [-0.05, 0) is 135 Å². The molecule has 0 aliphatic carbocycles. The van der Waals surface area contributed by atoms with Crippen LogP contribution in [-0.2, 0) is 56.9 Å². The molecule has 0 bridgehead atoms. The number of hydrogen-bond acceptors (Lipinski definition) is 14. The van der Waals surface area contributed by atoms with E-state index in [-0.39, 0.29) is 50.0 Å². The van der Waals surface area contributed by atoms with Crippen LogP contribution in [0, 0.1) is 6.92 Å². The Morgan fingerprint density at radius 3 is 2.17 bits per heavy atom. The molecule has 0 spiro atoms. The molecule has 4 heterocycles. The number of aryl methyl sites for hydroxylation is 2. The molecule has 5 aromatic rings. The molecule has 4 aliphatic rings. The number of para-hydroxylation sites is 2. The number of anilines is 3. The zero-order valence-electron chi connectivity index (χ0n) is 45.3. The van der Waals surface area contributed by atoms with E-state index in [1.54, 1.807) is 41.9 Å². The van der Waals surface area contributed by atoms with Crippen molar-refractivity contribution < 1.29 is 51.0 Å². The minimum Gasteiger partial charge on any atom is -0.493 e. The van der Waals surface area contributed by atoms with Crippen LogP contribution in [0.2, 0.25) is 0 Å². The Bertz CT molecular complexity index is 3170. The van der Waals surface area contributed by atoms with Gasteiger partial charge in [-0.3, -0.25) is 28.8 Å². The van der Waals surface area contributed by atoms with Crippen LogP contribution in [0.25, 0.3) is 0 Å². The summed E-state index contributed by atoms with van der Waals surface area (Å²) < 4.78 is 64.7. The monoisotopic (exact) mass is 1120 g/mol. The van der Waals surface area contributed by atoms with Gasteiger partial charge >= 0.3 is 0 Å². The van der Waals surface area contributed by atoms with E-state index < -0.39 is 25.9 Å². The lowest BCUT2D eigenvalue weighted by Crippen LogP contribution is -2.38. The summed E-state index contributed by atoms with van der Waals surface area (Å²) in [5.74, 6) is 1.20. The maximum absolute atomic E-state index is 14.2. The third kappa shape index (κ3) is 13.1. The van der Waals surface area contributed by atoms with Crippen LogP contribution >= 0.6 is 21.6 Å². The molecule has 15 nitrogen and oxygen atoms in total. The minimum absolute atomic E-state index is 0.000954. The van der Waals surface area contributed by atoms with Crippen molar-refractivity contribution in [1.29, 1.82) is 0 Å². The summed E-state index contributed by atoms with van der Waals surface area (Å²) in [7, 11) is 0.0642. The number of hydrogen-bond donors (Lipinski definition) is 1. The first-order valence-corrected chi connectivity index (χ1v) is 30.7. The number of Topliss-reactive ketones (excluding diaryl/α,β-unsaturated/α-hetero) is 1. The van der Waals surface area contributed by atoms with E-state index in [4.69, 9.17) is 28.7 Å². The van der Waals surface area contributed by atoms with Gasteiger partial charge in [-0.25, -0.2) is 0 Å². The van der Waals surface area contributed by atoms with Gasteiger partial charge in [0.1, 0.15) is 24.2 Å². The van der Waals surface area contributed by atoms with E-state index in [1.807, 2.05) is 72.6 Å². The molecule has 0 saturated heterocycles. The van der Waals surface area contributed by atoms with E-state index >= 15 is 0 Å². The molecule has 2 amide bonds. The fourth-order valence-electron chi connectivity index (χ4n) is 10.8. The molecule has 0 saturated carbocycles. The van der Waals surface area contributed by atoms with Crippen molar-refractivity contribution >= 4 is 78.3 Å². The van der Waals surface area contributed by atoms with Crippen molar-refractivity contribution in [3.8, 4) is 17.2 Å². The highest BCUT2D eigenvalue weighted by molar-refractivity contribution is 8.77. The van der Waals surface area contributed by atoms with Crippen LogP contribution in [0.15, 0.2) is 96.0 Å². The van der Waals surface area contributed by atoms with Crippen molar-refractivity contribution in [2.24, 2.45) is 4.99 Å². The van der Waals surface area contributed by atoms with Crippen LogP contribution in [0.1, 0.15) is 107 Å². The first kappa shape index (κ1) is 56.8. The summed E-state index contributed by atoms with van der Waals surface area (Å²) in [6, 6.07) is 29.7. The van der Waals surface area contributed by atoms with Gasteiger partial charge in [-0.15, -0.1) is 0 Å². The van der Waals surface area contributed by atoms with Gasteiger partial charge in [-0.1, -0.05) is 71.8 Å². The maximum atomic E-state index is 14.2. The van der Waals surface area contributed by atoms with Crippen molar-refractivity contribution in [1.82, 2.24) is 0 Å². The highest BCUT2D eigenvalue weighted by atomic mass is 33.1. The Morgan fingerprint density at radius 1 is 0.808 bits per heavy atom. The summed E-state index contributed by atoms with van der Waals surface area (Å²) in [5.41, 5.74) is 10.2. The van der Waals surface area contributed by atoms with E-state index in [2.05, 4.69) is 49.9 Å². The number of aliphatic imine (C=N–C) groups is 1. The Kier molecular flexibility index (Phi) is 18.3. The topological polar surface area (TPSA) is 174 Å². The zero-order chi connectivity index (χ0) is 55.1. The lowest BCUT2D eigenvalue weighted by atomic mass is 9.98. The van der Waals surface area contributed by atoms with Gasteiger partial charge in [0.05, 0.1) is 44.2 Å². The highest BCUT2D eigenvalue weighted by Crippen LogP contribution is 2.43. The summed E-state index contributed by atoms with van der Waals surface area (Å²) in [6.07, 6.45) is 5.86. The lowest BCUT2D eigenvalue weighted by molar-refractivity contribution is -0.118. The zero-order valence-corrected chi connectivity index (χ0v) is 47.8. The van der Waals surface area contributed by atoms with Crippen molar-refractivity contribution in [2.45, 2.75) is 115 Å². The average molecular weight is 1120 g/mol. The molecule has 78 heavy (non-hydrogen) atoms. The molecule has 5 aromatic carbocycles. The average Bonchev–Trinajstić information content (AvgIpc) is 3.93. The molecule has 0 radical (unpaired) electrons. The Morgan fingerprint density at radius 2 is 1.47 bits per heavy atom. The highest BCUT2D eigenvalue weighted by Gasteiger charge is 2.39. The number of ether oxygens (including phenoxy) is 5. The number of carbonyl (C=O) groups is 3. The molecule has 1 unspecified atom stereocenters. The molecule has 9 rings (SSSR count). The number of carbonyl (C=O) groups excluding carboxylic acids is 3. The fraction of sp³-hybridized carbons (Fsp3) is 0.433. The van der Waals surface area contributed by atoms with Crippen LogP contribution in [0.5, 0.6) is 17.2 Å². The van der Waals surface area contributed by atoms with E-state index in [9.17, 15) is 27.4 Å². The second-order valence-electron chi connectivity index (χ2n) is 20.9. The number of rotatable bonds is 26. The van der Waals surface area contributed by atoms with Crippen molar-refractivity contribution in [2.75, 3.05) is 67.1 Å². The molecule has 1 N–H and O–H groups in total. The predicted octanol–water partition coefficient (Wildman–Crippen LogP) is 11.0. The summed E-state index contributed by atoms with van der Waals surface area (Å²) in [6.45, 7) is 13.2. The molecular formula is C60H70N4O11S3. The molecule has 4 aliphatic heterocycles. The largest absolute Gasteiger partial charge is 0.493 e. The second kappa shape index (κ2) is 25.1. The maximum Gasteiger partial charge on any atom is 0.275 e. The van der Waals surface area contributed by atoms with Crippen LogP contribution in [-0.4, -0.2) is 111 Å². The number of nitrogens with zero attached hydrogens (tertiary/aromatic N) is 4. The summed E-state index contributed by atoms with van der Waals surface area (Å²) in [5, 5.41) is -1.45. The number of amides is 2. The smallest absolute Gasteiger partial charge is 0.275 e. The van der Waals surface area contributed by atoms with Gasteiger partial charge < -0.3 is 33.5 Å². The van der Waals surface area contributed by atoms with Crippen LogP contribution in [0.4, 0.5) is 22.7 Å². The molecule has 414 valence electrons. The molecular weight excluding hydrogens is 1050 g/mol. The van der Waals surface area contributed by atoms with Gasteiger partial charge in [0.15, 0.2) is 17.3 Å². The first-order chi connectivity index (χ1) is 37.5. The molecule has 0 fully saturated rings.